The molecule has 2 aromatic rings. The van der Waals surface area contributed by atoms with Crippen LogP contribution in [-0.4, -0.2) is 22.4 Å². The summed E-state index contributed by atoms with van der Waals surface area (Å²) >= 11 is 0. The standard InChI is InChI=1S/C26H34N2O5/c1-23(2)24(3,4)31-27(30-23)19-13-14-21-18(15-19)10-9-17-11-12-20(16-22(17)29-21)28-32-25(5,6)26(7,8)33-28/h11-16H,9-10H2,1-8H3. The van der Waals surface area contributed by atoms with Gasteiger partial charge in [-0.2, -0.15) is 0 Å². The highest BCUT2D eigenvalue weighted by atomic mass is 17.0. The Morgan fingerprint density at radius 1 is 0.545 bits per heavy atom. The third kappa shape index (κ3) is 3.67. The normalized spacial score (nSPS) is 24.1. The minimum atomic E-state index is -0.452. The van der Waals surface area contributed by atoms with E-state index < -0.39 is 22.4 Å². The summed E-state index contributed by atoms with van der Waals surface area (Å²) in [7, 11) is 0. The molecular formula is C26H34N2O5. The van der Waals surface area contributed by atoms with Crippen molar-refractivity contribution in [3.8, 4) is 11.5 Å². The van der Waals surface area contributed by atoms with Crippen molar-refractivity contribution in [2.24, 2.45) is 0 Å². The maximum atomic E-state index is 6.37. The van der Waals surface area contributed by atoms with Crippen LogP contribution in [0, 0.1) is 0 Å². The number of nitrogens with zero attached hydrogens (tertiary/aromatic N) is 2. The van der Waals surface area contributed by atoms with Crippen molar-refractivity contribution in [3.05, 3.63) is 47.5 Å². The maximum absolute atomic E-state index is 6.37. The Labute approximate surface area is 195 Å². The minimum Gasteiger partial charge on any atom is -0.457 e. The highest BCUT2D eigenvalue weighted by Crippen LogP contribution is 2.44. The second kappa shape index (κ2) is 7.09. The zero-order valence-electron chi connectivity index (χ0n) is 20.8. The third-order valence-electron chi connectivity index (χ3n) is 7.54. The number of benzene rings is 2. The largest absolute Gasteiger partial charge is 0.457 e. The average molecular weight is 455 g/mol. The van der Waals surface area contributed by atoms with Gasteiger partial charge in [0.1, 0.15) is 33.9 Å². The summed E-state index contributed by atoms with van der Waals surface area (Å²) in [5.74, 6) is 1.64. The lowest BCUT2D eigenvalue weighted by molar-refractivity contribution is -0.0278. The molecule has 0 unspecified atom stereocenters. The molecule has 0 atom stereocenters. The number of ether oxygens (including phenoxy) is 1. The Bertz CT molecular complexity index is 1060. The molecule has 0 N–H and O–H groups in total. The summed E-state index contributed by atoms with van der Waals surface area (Å²) in [6, 6.07) is 12.1. The van der Waals surface area contributed by atoms with Crippen LogP contribution in [-0.2, 0) is 32.2 Å². The monoisotopic (exact) mass is 454 g/mol. The van der Waals surface area contributed by atoms with E-state index in [2.05, 4.69) is 12.1 Å². The Morgan fingerprint density at radius 2 is 1.00 bits per heavy atom. The summed E-state index contributed by atoms with van der Waals surface area (Å²) in [5, 5.41) is 3.03. The van der Waals surface area contributed by atoms with E-state index >= 15 is 0 Å². The zero-order chi connectivity index (χ0) is 23.8. The molecule has 3 aliphatic heterocycles. The van der Waals surface area contributed by atoms with Gasteiger partial charge in [-0.1, -0.05) is 6.07 Å². The molecule has 178 valence electrons. The van der Waals surface area contributed by atoms with Crippen LogP contribution in [0.3, 0.4) is 0 Å². The lowest BCUT2D eigenvalue weighted by atomic mass is 9.90. The summed E-state index contributed by atoms with van der Waals surface area (Å²) in [5.41, 5.74) is 2.12. The first-order valence-electron chi connectivity index (χ1n) is 11.6. The Hall–Kier alpha value is -2.32. The lowest BCUT2D eigenvalue weighted by Gasteiger charge is -2.26. The van der Waals surface area contributed by atoms with Crippen molar-refractivity contribution in [2.45, 2.75) is 90.6 Å². The van der Waals surface area contributed by atoms with Gasteiger partial charge in [0.2, 0.25) is 0 Å². The van der Waals surface area contributed by atoms with E-state index in [-0.39, 0.29) is 0 Å². The Balaban J connectivity index is 1.39. The molecule has 7 heteroatoms. The first kappa shape index (κ1) is 22.5. The van der Waals surface area contributed by atoms with Crippen molar-refractivity contribution >= 4 is 11.4 Å². The summed E-state index contributed by atoms with van der Waals surface area (Å²) < 4.78 is 6.37. The molecule has 0 spiro atoms. The number of anilines is 2. The maximum Gasteiger partial charge on any atom is 0.132 e. The van der Waals surface area contributed by atoms with Crippen LogP contribution in [0.25, 0.3) is 0 Å². The van der Waals surface area contributed by atoms with Gasteiger partial charge in [0, 0.05) is 6.07 Å². The van der Waals surface area contributed by atoms with E-state index in [1.165, 1.54) is 10.5 Å². The number of aryl methyl sites for hydroxylation is 2. The fourth-order valence-corrected chi connectivity index (χ4v) is 3.84. The predicted molar refractivity (Wildman–Crippen MR) is 126 cm³/mol. The zero-order valence-corrected chi connectivity index (χ0v) is 20.8. The van der Waals surface area contributed by atoms with Crippen molar-refractivity contribution in [2.75, 3.05) is 10.5 Å². The molecular weight excluding hydrogens is 420 g/mol. The van der Waals surface area contributed by atoms with Crippen LogP contribution in [0.4, 0.5) is 11.4 Å². The highest BCUT2D eigenvalue weighted by molar-refractivity contribution is 5.57. The molecule has 3 heterocycles. The third-order valence-corrected chi connectivity index (χ3v) is 7.54. The van der Waals surface area contributed by atoms with Crippen molar-refractivity contribution < 1.29 is 24.1 Å². The molecule has 7 nitrogen and oxygen atoms in total. The van der Waals surface area contributed by atoms with Crippen molar-refractivity contribution in [1.82, 2.24) is 0 Å². The van der Waals surface area contributed by atoms with Crippen molar-refractivity contribution in [3.63, 3.8) is 0 Å². The molecule has 0 aromatic heterocycles. The number of hydrogen-bond acceptors (Lipinski definition) is 7. The minimum absolute atomic E-state index is 0.439. The van der Waals surface area contributed by atoms with Crippen LogP contribution >= 0.6 is 0 Å². The molecule has 0 bridgehead atoms. The van der Waals surface area contributed by atoms with Crippen LogP contribution in [0.1, 0.15) is 66.5 Å². The van der Waals surface area contributed by atoms with Gasteiger partial charge >= 0.3 is 0 Å². The molecule has 3 aliphatic rings. The van der Waals surface area contributed by atoms with Crippen LogP contribution in [0.15, 0.2) is 36.4 Å². The van der Waals surface area contributed by atoms with Gasteiger partial charge < -0.3 is 4.74 Å². The fourth-order valence-electron chi connectivity index (χ4n) is 3.84. The van der Waals surface area contributed by atoms with E-state index in [0.29, 0.717) is 0 Å². The van der Waals surface area contributed by atoms with Gasteiger partial charge in [-0.15, -0.1) is 10.5 Å². The highest BCUT2D eigenvalue weighted by Gasteiger charge is 2.51. The van der Waals surface area contributed by atoms with Gasteiger partial charge in [-0.3, -0.25) is 0 Å². The van der Waals surface area contributed by atoms with E-state index in [4.69, 9.17) is 24.1 Å². The van der Waals surface area contributed by atoms with E-state index in [1.807, 2.05) is 79.7 Å². The Kier molecular flexibility index (Phi) is 4.83. The first-order valence-corrected chi connectivity index (χ1v) is 11.6. The number of fused-ring (bicyclic) bond motifs is 2. The smallest absolute Gasteiger partial charge is 0.132 e. The summed E-state index contributed by atoms with van der Waals surface area (Å²) in [4.78, 5) is 24.3. The van der Waals surface area contributed by atoms with E-state index in [9.17, 15) is 0 Å². The fraction of sp³-hybridized carbons (Fsp3) is 0.538. The molecule has 2 aromatic carbocycles. The average Bonchev–Trinajstić information content (AvgIpc) is 2.98. The van der Waals surface area contributed by atoms with Gasteiger partial charge in [0.15, 0.2) is 0 Å². The van der Waals surface area contributed by atoms with E-state index in [0.717, 1.165) is 46.8 Å². The molecule has 0 radical (unpaired) electrons. The SMILES string of the molecule is CC1(C)ON(c2ccc3c(c2)CCc2ccc(N4OC(C)(C)C(C)(C)O4)cc2O3)OC1(C)C. The van der Waals surface area contributed by atoms with Crippen molar-refractivity contribution in [1.29, 1.82) is 0 Å². The molecule has 5 rings (SSSR count). The van der Waals surface area contributed by atoms with Crippen LogP contribution in [0.2, 0.25) is 0 Å². The summed E-state index contributed by atoms with van der Waals surface area (Å²) in [6.45, 7) is 16.2. The van der Waals surface area contributed by atoms with Crippen LogP contribution < -0.4 is 15.2 Å². The first-order chi connectivity index (χ1) is 15.3. The number of rotatable bonds is 2. The Morgan fingerprint density at radius 3 is 1.55 bits per heavy atom. The molecule has 2 fully saturated rings. The molecule has 0 amide bonds. The second-order valence-electron chi connectivity index (χ2n) is 11.1. The molecule has 0 saturated carbocycles. The lowest BCUT2D eigenvalue weighted by Crippen LogP contribution is -2.41. The van der Waals surface area contributed by atoms with E-state index in [1.54, 1.807) is 0 Å². The summed E-state index contributed by atoms with van der Waals surface area (Å²) in [6.07, 6.45) is 1.72. The quantitative estimate of drug-likeness (QED) is 0.547. The predicted octanol–water partition coefficient (Wildman–Crippen LogP) is 6.06. The number of hydrogen-bond donors (Lipinski definition) is 0. The van der Waals surface area contributed by atoms with Crippen LogP contribution in [0.5, 0.6) is 11.5 Å². The molecule has 0 aliphatic carbocycles. The molecule has 33 heavy (non-hydrogen) atoms. The topological polar surface area (TPSA) is 52.6 Å². The second-order valence-corrected chi connectivity index (χ2v) is 11.1. The van der Waals surface area contributed by atoms with Gasteiger partial charge in [0.25, 0.3) is 0 Å². The van der Waals surface area contributed by atoms with Gasteiger partial charge in [-0.25, -0.2) is 19.4 Å². The van der Waals surface area contributed by atoms with Gasteiger partial charge in [-0.05, 0) is 104 Å². The van der Waals surface area contributed by atoms with Gasteiger partial charge in [0.05, 0.1) is 11.4 Å². The molecule has 2 saturated heterocycles.